The van der Waals surface area contributed by atoms with Crippen LogP contribution in [0.15, 0.2) is 22.7 Å². The Balaban J connectivity index is 2.85. The number of carbonyl (C=O) groups is 2. The minimum absolute atomic E-state index is 0.321. The fourth-order valence-corrected chi connectivity index (χ4v) is 1.82. The Morgan fingerprint density at radius 1 is 1.44 bits per heavy atom. The van der Waals surface area contributed by atoms with Gasteiger partial charge in [0.1, 0.15) is 6.04 Å². The summed E-state index contributed by atoms with van der Waals surface area (Å²) in [7, 11) is 0. The van der Waals surface area contributed by atoms with E-state index in [1.807, 2.05) is 19.1 Å². The summed E-state index contributed by atoms with van der Waals surface area (Å²) in [5.41, 5.74) is 6.59. The Morgan fingerprint density at radius 3 is 2.56 bits per heavy atom. The lowest BCUT2D eigenvalue weighted by Crippen LogP contribution is -2.42. The number of carbonyl (C=O) groups excluding carboxylic acids is 2. The Hall–Kier alpha value is -1.36. The summed E-state index contributed by atoms with van der Waals surface area (Å²) in [6.07, 6.45) is 0. The lowest BCUT2D eigenvalue weighted by atomic mass is 10.1. The van der Waals surface area contributed by atoms with Crippen LogP contribution in [-0.4, -0.2) is 17.9 Å². The Kier molecular flexibility index (Phi) is 4.06. The van der Waals surface area contributed by atoms with E-state index in [2.05, 4.69) is 21.2 Å². The number of rotatable bonds is 3. The van der Waals surface area contributed by atoms with Crippen LogP contribution in [0.5, 0.6) is 0 Å². The third kappa shape index (κ3) is 3.06. The molecular formula is C11H13BrN2O2. The monoisotopic (exact) mass is 284 g/mol. The van der Waals surface area contributed by atoms with Crippen molar-refractivity contribution in [2.75, 3.05) is 0 Å². The summed E-state index contributed by atoms with van der Waals surface area (Å²) < 4.78 is 0.696. The maximum Gasteiger partial charge on any atom is 0.253 e. The molecule has 4 nitrogen and oxygen atoms in total. The number of hydrogen-bond donors (Lipinski definition) is 2. The Labute approximate surface area is 102 Å². The van der Waals surface area contributed by atoms with E-state index in [4.69, 9.17) is 5.73 Å². The Morgan fingerprint density at radius 2 is 2.06 bits per heavy atom. The molecule has 16 heavy (non-hydrogen) atoms. The average Bonchev–Trinajstić information content (AvgIpc) is 2.16. The zero-order valence-corrected chi connectivity index (χ0v) is 10.7. The highest BCUT2D eigenvalue weighted by atomic mass is 79.9. The fourth-order valence-electron chi connectivity index (χ4n) is 1.15. The molecule has 0 aliphatic rings. The zero-order chi connectivity index (χ0) is 12.3. The van der Waals surface area contributed by atoms with E-state index in [0.29, 0.717) is 10.0 Å². The minimum Gasteiger partial charge on any atom is -0.368 e. The van der Waals surface area contributed by atoms with Crippen molar-refractivity contribution in [3.63, 3.8) is 0 Å². The normalized spacial score (nSPS) is 11.9. The molecule has 5 heteroatoms. The lowest BCUT2D eigenvalue weighted by molar-refractivity contribution is -0.119. The van der Waals surface area contributed by atoms with Crippen LogP contribution in [0.3, 0.4) is 0 Å². The molecule has 0 aliphatic heterocycles. The molecule has 0 aromatic heterocycles. The summed E-state index contributed by atoms with van der Waals surface area (Å²) in [5, 5.41) is 2.51. The molecule has 0 heterocycles. The quantitative estimate of drug-likeness (QED) is 0.880. The highest BCUT2D eigenvalue weighted by molar-refractivity contribution is 9.10. The van der Waals surface area contributed by atoms with Crippen molar-refractivity contribution in [3.05, 3.63) is 33.8 Å². The molecule has 2 amide bonds. The summed E-state index contributed by atoms with van der Waals surface area (Å²) in [5.74, 6) is -0.880. The van der Waals surface area contributed by atoms with Crippen molar-refractivity contribution in [1.82, 2.24) is 5.32 Å². The van der Waals surface area contributed by atoms with E-state index in [1.54, 1.807) is 13.0 Å². The highest BCUT2D eigenvalue weighted by Crippen LogP contribution is 2.18. The van der Waals surface area contributed by atoms with Gasteiger partial charge in [0.05, 0.1) is 5.56 Å². The highest BCUT2D eigenvalue weighted by Gasteiger charge is 2.15. The van der Waals surface area contributed by atoms with Gasteiger partial charge in [0.25, 0.3) is 5.91 Å². The number of benzene rings is 1. The van der Waals surface area contributed by atoms with E-state index >= 15 is 0 Å². The van der Waals surface area contributed by atoms with Crippen LogP contribution in [0.25, 0.3) is 0 Å². The third-order valence-electron chi connectivity index (χ3n) is 2.14. The van der Waals surface area contributed by atoms with Gasteiger partial charge in [-0.1, -0.05) is 6.07 Å². The van der Waals surface area contributed by atoms with E-state index in [0.717, 1.165) is 5.56 Å². The number of nitrogens with one attached hydrogen (secondary N) is 1. The first-order chi connectivity index (χ1) is 7.41. The van der Waals surface area contributed by atoms with Crippen LogP contribution in [0.1, 0.15) is 22.8 Å². The fraction of sp³-hybridized carbons (Fsp3) is 0.273. The molecule has 0 aliphatic carbocycles. The largest absolute Gasteiger partial charge is 0.368 e. The maximum absolute atomic E-state index is 11.7. The van der Waals surface area contributed by atoms with Gasteiger partial charge in [-0.25, -0.2) is 0 Å². The molecule has 1 aromatic carbocycles. The van der Waals surface area contributed by atoms with Crippen LogP contribution in [0.4, 0.5) is 0 Å². The smallest absolute Gasteiger partial charge is 0.253 e. The standard InChI is InChI=1S/C11H13BrN2O2/c1-6-3-4-8(9(12)5-6)11(16)14-7(2)10(13)15/h3-5,7H,1-2H3,(H2,13,15)(H,14,16). The predicted octanol–water partition coefficient (Wildman–Crippen LogP) is 1.36. The molecule has 0 saturated carbocycles. The van der Waals surface area contributed by atoms with Crippen LogP contribution in [-0.2, 0) is 4.79 Å². The number of nitrogens with two attached hydrogens (primary N) is 1. The van der Waals surface area contributed by atoms with E-state index in [9.17, 15) is 9.59 Å². The van der Waals surface area contributed by atoms with Crippen molar-refractivity contribution in [2.45, 2.75) is 19.9 Å². The molecule has 1 aromatic rings. The zero-order valence-electron chi connectivity index (χ0n) is 9.08. The number of aryl methyl sites for hydroxylation is 1. The molecule has 1 rings (SSSR count). The first-order valence-electron chi connectivity index (χ1n) is 4.78. The van der Waals surface area contributed by atoms with Gasteiger partial charge in [0.15, 0.2) is 0 Å². The summed E-state index contributed by atoms with van der Waals surface area (Å²) in [4.78, 5) is 22.5. The Bertz CT molecular complexity index is 432. The van der Waals surface area contributed by atoms with E-state index in [1.165, 1.54) is 0 Å². The van der Waals surface area contributed by atoms with Gasteiger partial charge >= 0.3 is 0 Å². The first kappa shape index (κ1) is 12.7. The molecule has 0 bridgehead atoms. The molecule has 1 unspecified atom stereocenters. The minimum atomic E-state index is -0.680. The number of amides is 2. The average molecular weight is 285 g/mol. The van der Waals surface area contributed by atoms with Crippen molar-refractivity contribution in [1.29, 1.82) is 0 Å². The molecular weight excluding hydrogens is 272 g/mol. The topological polar surface area (TPSA) is 72.2 Å². The summed E-state index contributed by atoms with van der Waals surface area (Å²) in [6.45, 7) is 3.47. The lowest BCUT2D eigenvalue weighted by Gasteiger charge is -2.11. The molecule has 86 valence electrons. The maximum atomic E-state index is 11.7. The number of halogens is 1. The van der Waals surface area contributed by atoms with E-state index in [-0.39, 0.29) is 5.91 Å². The van der Waals surface area contributed by atoms with Crippen LogP contribution in [0.2, 0.25) is 0 Å². The predicted molar refractivity (Wildman–Crippen MR) is 65.0 cm³/mol. The molecule has 0 saturated heterocycles. The first-order valence-corrected chi connectivity index (χ1v) is 5.57. The number of hydrogen-bond acceptors (Lipinski definition) is 2. The molecule has 0 radical (unpaired) electrons. The van der Waals surface area contributed by atoms with Crippen molar-refractivity contribution in [2.24, 2.45) is 5.73 Å². The van der Waals surface area contributed by atoms with Crippen LogP contribution in [0, 0.1) is 6.92 Å². The summed E-state index contributed by atoms with van der Waals surface area (Å²) >= 11 is 3.30. The SMILES string of the molecule is Cc1ccc(C(=O)NC(C)C(N)=O)c(Br)c1. The molecule has 1 atom stereocenters. The van der Waals surface area contributed by atoms with Gasteiger partial charge in [-0.15, -0.1) is 0 Å². The molecule has 0 fully saturated rings. The van der Waals surface area contributed by atoms with Crippen molar-refractivity contribution >= 4 is 27.7 Å². The van der Waals surface area contributed by atoms with Gasteiger partial charge in [-0.05, 0) is 47.5 Å². The second kappa shape index (κ2) is 5.12. The van der Waals surface area contributed by atoms with Gasteiger partial charge in [0, 0.05) is 4.47 Å². The summed E-state index contributed by atoms with van der Waals surface area (Å²) in [6, 6.07) is 4.68. The third-order valence-corrected chi connectivity index (χ3v) is 2.80. The second-order valence-electron chi connectivity index (χ2n) is 3.58. The van der Waals surface area contributed by atoms with Crippen LogP contribution < -0.4 is 11.1 Å². The van der Waals surface area contributed by atoms with Gasteiger partial charge in [-0.2, -0.15) is 0 Å². The van der Waals surface area contributed by atoms with Gasteiger partial charge in [-0.3, -0.25) is 9.59 Å². The van der Waals surface area contributed by atoms with Gasteiger partial charge < -0.3 is 11.1 Å². The molecule has 0 spiro atoms. The van der Waals surface area contributed by atoms with Gasteiger partial charge in [0.2, 0.25) is 5.91 Å². The van der Waals surface area contributed by atoms with Crippen LogP contribution >= 0.6 is 15.9 Å². The molecule has 3 N–H and O–H groups in total. The van der Waals surface area contributed by atoms with Crippen molar-refractivity contribution in [3.8, 4) is 0 Å². The number of primary amides is 1. The second-order valence-corrected chi connectivity index (χ2v) is 4.44. The van der Waals surface area contributed by atoms with Crippen molar-refractivity contribution < 1.29 is 9.59 Å². The van der Waals surface area contributed by atoms with E-state index < -0.39 is 11.9 Å².